The molecule has 0 bridgehead atoms. The third-order valence-electron chi connectivity index (χ3n) is 7.41. The molecule has 6 rings (SSSR count). The molecule has 10 heteroatoms. The minimum absolute atomic E-state index is 0.181. The number of nitrogens with one attached hydrogen (secondary N) is 2. The number of piperazine rings is 1. The van der Waals surface area contributed by atoms with E-state index in [1.54, 1.807) is 29.2 Å². The number of halogens is 1. The summed E-state index contributed by atoms with van der Waals surface area (Å²) in [4.78, 5) is 25.8. The summed E-state index contributed by atoms with van der Waals surface area (Å²) in [6.45, 7) is 3.32. The van der Waals surface area contributed by atoms with Crippen LogP contribution in [-0.2, 0) is 24.1 Å². The Morgan fingerprint density at radius 3 is 2.52 bits per heavy atom. The van der Waals surface area contributed by atoms with Crippen molar-refractivity contribution in [3.63, 3.8) is 0 Å². The molecule has 8 nitrogen and oxygen atoms in total. The second-order valence-electron chi connectivity index (χ2n) is 10.3. The first kappa shape index (κ1) is 27.9. The molecule has 1 aliphatic rings. The SMILES string of the molecule is C[S+]([O-])c1ccccc1Cn1c(=O)c(Cc2ccccc2)cc2cnc(Nc3ccc(N4CCNCC4)c(F)c3)nc21. The summed E-state index contributed by atoms with van der Waals surface area (Å²) in [5, 5.41) is 7.08. The smallest absolute Gasteiger partial charge is 0.256 e. The van der Waals surface area contributed by atoms with Gasteiger partial charge in [-0.3, -0.25) is 9.36 Å². The zero-order valence-electron chi connectivity index (χ0n) is 23.2. The lowest BCUT2D eigenvalue weighted by molar-refractivity contribution is 0.566. The summed E-state index contributed by atoms with van der Waals surface area (Å²) in [6, 6.07) is 24.0. The van der Waals surface area contributed by atoms with Crippen molar-refractivity contribution in [2.45, 2.75) is 17.9 Å². The van der Waals surface area contributed by atoms with E-state index in [0.717, 1.165) is 37.3 Å². The van der Waals surface area contributed by atoms with Crippen molar-refractivity contribution in [1.29, 1.82) is 0 Å². The van der Waals surface area contributed by atoms with Crippen LogP contribution in [-0.4, -0.2) is 51.5 Å². The van der Waals surface area contributed by atoms with Gasteiger partial charge < -0.3 is 20.1 Å². The molecule has 1 unspecified atom stereocenters. The first-order valence-electron chi connectivity index (χ1n) is 13.8. The van der Waals surface area contributed by atoms with Gasteiger partial charge in [-0.05, 0) is 47.1 Å². The highest BCUT2D eigenvalue weighted by Crippen LogP contribution is 2.26. The van der Waals surface area contributed by atoms with E-state index in [1.807, 2.05) is 65.6 Å². The molecule has 1 fully saturated rings. The zero-order valence-corrected chi connectivity index (χ0v) is 24.0. The van der Waals surface area contributed by atoms with Gasteiger partial charge in [0.2, 0.25) is 5.95 Å². The van der Waals surface area contributed by atoms with Gasteiger partial charge in [-0.2, -0.15) is 4.98 Å². The Bertz CT molecular complexity index is 1770. The van der Waals surface area contributed by atoms with E-state index in [1.165, 1.54) is 6.07 Å². The number of hydrogen-bond acceptors (Lipinski definition) is 7. The van der Waals surface area contributed by atoms with Gasteiger partial charge in [-0.15, -0.1) is 0 Å². The molecule has 0 saturated carbocycles. The lowest BCUT2D eigenvalue weighted by Crippen LogP contribution is -2.43. The minimum Gasteiger partial charge on any atom is -0.612 e. The van der Waals surface area contributed by atoms with E-state index >= 15 is 4.39 Å². The molecule has 214 valence electrons. The standard InChI is InChI=1S/C32H31FN6O2S/c1-42(41)29-10-6-5-9-23(29)21-39-30-25(18-24(31(39)40)17-22-7-3-2-4-8-22)20-35-32(37-30)36-26-11-12-28(27(33)19-26)38-15-13-34-14-16-38/h2-12,18-20,34H,13-17,21H2,1H3,(H,35,36,37). The van der Waals surface area contributed by atoms with Crippen molar-refractivity contribution < 1.29 is 8.94 Å². The zero-order chi connectivity index (χ0) is 29.1. The van der Waals surface area contributed by atoms with Gasteiger partial charge in [-0.1, -0.05) is 48.5 Å². The average Bonchev–Trinajstić information content (AvgIpc) is 3.00. The van der Waals surface area contributed by atoms with Crippen LogP contribution in [0.15, 0.2) is 94.7 Å². The summed E-state index contributed by atoms with van der Waals surface area (Å²) in [7, 11) is 0. The number of anilines is 3. The van der Waals surface area contributed by atoms with Crippen molar-refractivity contribution in [2.24, 2.45) is 0 Å². The number of rotatable bonds is 8. The molecule has 0 radical (unpaired) electrons. The Morgan fingerprint density at radius 1 is 1.00 bits per heavy atom. The predicted molar refractivity (Wildman–Crippen MR) is 166 cm³/mol. The monoisotopic (exact) mass is 582 g/mol. The fourth-order valence-electron chi connectivity index (χ4n) is 5.33. The van der Waals surface area contributed by atoms with E-state index in [0.29, 0.717) is 39.3 Å². The molecular formula is C32H31FN6O2S. The van der Waals surface area contributed by atoms with Crippen molar-refractivity contribution in [3.8, 4) is 0 Å². The molecule has 42 heavy (non-hydrogen) atoms. The molecule has 2 aromatic heterocycles. The molecule has 1 saturated heterocycles. The van der Waals surface area contributed by atoms with Gasteiger partial charge >= 0.3 is 0 Å². The second kappa shape index (κ2) is 12.3. The van der Waals surface area contributed by atoms with Crippen LogP contribution in [0.3, 0.4) is 0 Å². The summed E-state index contributed by atoms with van der Waals surface area (Å²) < 4.78 is 29.1. The maximum Gasteiger partial charge on any atom is 0.256 e. The Hall–Kier alpha value is -4.25. The molecular weight excluding hydrogens is 551 g/mol. The predicted octanol–water partition coefficient (Wildman–Crippen LogP) is 4.46. The average molecular weight is 583 g/mol. The highest BCUT2D eigenvalue weighted by molar-refractivity contribution is 7.90. The minimum atomic E-state index is -1.23. The van der Waals surface area contributed by atoms with Crippen LogP contribution >= 0.6 is 0 Å². The number of hydrogen-bond donors (Lipinski definition) is 2. The van der Waals surface area contributed by atoms with Gasteiger partial charge in [0, 0.05) is 61.0 Å². The van der Waals surface area contributed by atoms with Crippen molar-refractivity contribution >= 4 is 39.5 Å². The van der Waals surface area contributed by atoms with Crippen LogP contribution in [0, 0.1) is 5.82 Å². The maximum atomic E-state index is 15.1. The maximum absolute atomic E-state index is 15.1. The fourth-order valence-corrected chi connectivity index (χ4v) is 6.10. The summed E-state index contributed by atoms with van der Waals surface area (Å²) >= 11 is -1.23. The number of benzene rings is 3. The Kier molecular flexibility index (Phi) is 8.18. The Labute approximate surface area is 246 Å². The molecule has 2 N–H and O–H groups in total. The molecule has 1 aliphatic heterocycles. The van der Waals surface area contributed by atoms with E-state index in [4.69, 9.17) is 4.98 Å². The molecule has 0 spiro atoms. The number of aromatic nitrogens is 3. The van der Waals surface area contributed by atoms with Crippen LogP contribution in [0.4, 0.5) is 21.7 Å². The normalized spacial score (nSPS) is 14.2. The first-order chi connectivity index (χ1) is 20.5. The Balaban J connectivity index is 1.38. The van der Waals surface area contributed by atoms with Crippen LogP contribution in [0.2, 0.25) is 0 Å². The fraction of sp³-hybridized carbons (Fsp3) is 0.219. The largest absolute Gasteiger partial charge is 0.612 e. The summed E-state index contributed by atoms with van der Waals surface area (Å²) in [5.41, 5.74) is 3.72. The molecule has 3 heterocycles. The van der Waals surface area contributed by atoms with Crippen molar-refractivity contribution in [2.75, 3.05) is 42.7 Å². The van der Waals surface area contributed by atoms with Crippen LogP contribution in [0.25, 0.3) is 11.0 Å². The molecule has 0 aliphatic carbocycles. The van der Waals surface area contributed by atoms with Gasteiger partial charge in [0.25, 0.3) is 5.56 Å². The number of pyridine rings is 1. The van der Waals surface area contributed by atoms with Gasteiger partial charge in [-0.25, -0.2) is 9.37 Å². The van der Waals surface area contributed by atoms with E-state index in [9.17, 15) is 9.35 Å². The molecule has 3 aromatic carbocycles. The van der Waals surface area contributed by atoms with Gasteiger partial charge in [0.15, 0.2) is 4.90 Å². The lowest BCUT2D eigenvalue weighted by Gasteiger charge is -2.29. The number of nitrogens with zero attached hydrogens (tertiary/aromatic N) is 4. The molecule has 0 amide bonds. The summed E-state index contributed by atoms with van der Waals surface area (Å²) in [5.74, 6) is -0.0811. The Morgan fingerprint density at radius 2 is 1.76 bits per heavy atom. The van der Waals surface area contributed by atoms with E-state index in [2.05, 4.69) is 15.6 Å². The third kappa shape index (κ3) is 6.01. The molecule has 1 atom stereocenters. The van der Waals surface area contributed by atoms with Crippen molar-refractivity contribution in [3.05, 3.63) is 118 Å². The van der Waals surface area contributed by atoms with Gasteiger partial charge in [0.05, 0.1) is 12.2 Å². The molecule has 5 aromatic rings. The quantitative estimate of drug-likeness (QED) is 0.261. The van der Waals surface area contributed by atoms with E-state index < -0.39 is 11.2 Å². The van der Waals surface area contributed by atoms with Crippen LogP contribution in [0.1, 0.15) is 16.7 Å². The van der Waals surface area contributed by atoms with Crippen LogP contribution in [0.5, 0.6) is 0 Å². The highest BCUT2D eigenvalue weighted by atomic mass is 32.2. The van der Waals surface area contributed by atoms with Crippen LogP contribution < -0.4 is 21.1 Å². The first-order valence-corrected chi connectivity index (χ1v) is 15.4. The van der Waals surface area contributed by atoms with E-state index in [-0.39, 0.29) is 23.9 Å². The lowest BCUT2D eigenvalue weighted by atomic mass is 10.1. The topological polar surface area (TPSA) is 98.1 Å². The van der Waals surface area contributed by atoms with Gasteiger partial charge in [0.1, 0.15) is 17.7 Å². The third-order valence-corrected chi connectivity index (χ3v) is 8.43. The summed E-state index contributed by atoms with van der Waals surface area (Å²) in [6.07, 6.45) is 3.75. The second-order valence-corrected chi connectivity index (χ2v) is 11.6. The van der Waals surface area contributed by atoms with Crippen molar-refractivity contribution in [1.82, 2.24) is 19.9 Å². The number of fused-ring (bicyclic) bond motifs is 1. The highest BCUT2D eigenvalue weighted by Gasteiger charge is 2.18.